The third-order valence-corrected chi connectivity index (χ3v) is 7.89. The Morgan fingerprint density at radius 3 is 2.42 bits per heavy atom. The van der Waals surface area contributed by atoms with Gasteiger partial charge in [0.05, 0.1) is 6.42 Å². The van der Waals surface area contributed by atoms with E-state index < -0.39 is 11.2 Å². The molecule has 4 aliphatic rings. The maximum absolute atomic E-state index is 12.8. The number of carbonyl (C=O) groups excluding carboxylic acids is 1. The van der Waals surface area contributed by atoms with Gasteiger partial charge >= 0.3 is 11.7 Å². The number of imidazole rings is 1. The minimum Gasteiger partial charge on any atom is -0.457 e. The lowest BCUT2D eigenvalue weighted by atomic mass is 9.49. The Kier molecular flexibility index (Phi) is 5.06. The second-order valence-corrected chi connectivity index (χ2v) is 10.3. The first-order chi connectivity index (χ1) is 14.9. The third kappa shape index (κ3) is 3.64. The third-order valence-electron chi connectivity index (χ3n) is 7.89. The highest BCUT2D eigenvalue weighted by Crippen LogP contribution is 2.61. The molecule has 31 heavy (non-hydrogen) atoms. The SMILES string of the molecule is CCCCn1c(=O)[nH]c(=O)c2c1nc(COC(=O)CC13CC4CC(CC(C4)C1)C3)n2C. The van der Waals surface area contributed by atoms with Gasteiger partial charge in [0.15, 0.2) is 11.2 Å². The largest absolute Gasteiger partial charge is 0.457 e. The van der Waals surface area contributed by atoms with Crippen molar-refractivity contribution in [3.63, 3.8) is 0 Å². The van der Waals surface area contributed by atoms with E-state index in [4.69, 9.17) is 4.74 Å². The number of aryl methyl sites for hydroxylation is 2. The van der Waals surface area contributed by atoms with Gasteiger partial charge in [0.1, 0.15) is 12.4 Å². The van der Waals surface area contributed by atoms with Gasteiger partial charge in [-0.15, -0.1) is 0 Å². The molecule has 4 aliphatic carbocycles. The van der Waals surface area contributed by atoms with Crippen LogP contribution in [-0.4, -0.2) is 25.1 Å². The van der Waals surface area contributed by atoms with Crippen molar-refractivity contribution in [3.8, 4) is 0 Å². The number of ether oxygens (including phenoxy) is 1. The smallest absolute Gasteiger partial charge is 0.330 e. The molecule has 4 saturated carbocycles. The van der Waals surface area contributed by atoms with E-state index in [9.17, 15) is 14.4 Å². The van der Waals surface area contributed by atoms with Crippen LogP contribution in [-0.2, 0) is 29.7 Å². The number of esters is 1. The Bertz CT molecular complexity index is 1090. The monoisotopic (exact) mass is 428 g/mol. The first-order valence-corrected chi connectivity index (χ1v) is 11.7. The highest BCUT2D eigenvalue weighted by molar-refractivity contribution is 5.72. The average molecular weight is 429 g/mol. The van der Waals surface area contributed by atoms with Gasteiger partial charge in [-0.05, 0) is 68.1 Å². The zero-order valence-corrected chi connectivity index (χ0v) is 18.5. The van der Waals surface area contributed by atoms with E-state index in [1.165, 1.54) is 43.1 Å². The van der Waals surface area contributed by atoms with Crippen LogP contribution in [0.3, 0.4) is 0 Å². The van der Waals surface area contributed by atoms with Crippen LogP contribution in [0.15, 0.2) is 9.59 Å². The second-order valence-electron chi connectivity index (χ2n) is 10.3. The van der Waals surface area contributed by atoms with Crippen molar-refractivity contribution in [2.24, 2.45) is 30.2 Å². The van der Waals surface area contributed by atoms with Crippen molar-refractivity contribution in [1.82, 2.24) is 19.1 Å². The molecule has 0 spiro atoms. The van der Waals surface area contributed by atoms with E-state index in [1.807, 2.05) is 6.92 Å². The van der Waals surface area contributed by atoms with Crippen LogP contribution in [0.2, 0.25) is 0 Å². The van der Waals surface area contributed by atoms with Crippen LogP contribution in [0.4, 0.5) is 0 Å². The Morgan fingerprint density at radius 2 is 1.81 bits per heavy atom. The molecule has 1 N–H and O–H groups in total. The van der Waals surface area contributed by atoms with E-state index in [-0.39, 0.29) is 18.0 Å². The van der Waals surface area contributed by atoms with Gasteiger partial charge < -0.3 is 9.30 Å². The van der Waals surface area contributed by atoms with Crippen molar-refractivity contribution in [3.05, 3.63) is 26.7 Å². The Morgan fingerprint density at radius 1 is 1.16 bits per heavy atom. The van der Waals surface area contributed by atoms with E-state index in [0.29, 0.717) is 30.0 Å². The molecule has 0 unspecified atom stereocenters. The first-order valence-electron chi connectivity index (χ1n) is 11.7. The van der Waals surface area contributed by atoms with Gasteiger partial charge in [-0.3, -0.25) is 19.1 Å². The van der Waals surface area contributed by atoms with Crippen LogP contribution in [0, 0.1) is 23.2 Å². The van der Waals surface area contributed by atoms with E-state index in [0.717, 1.165) is 30.6 Å². The van der Waals surface area contributed by atoms with Crippen molar-refractivity contribution in [2.75, 3.05) is 0 Å². The van der Waals surface area contributed by atoms with Crippen LogP contribution in [0.25, 0.3) is 11.2 Å². The standard InChI is InChI=1S/C23H32N4O4/c1-3-4-5-27-20-19(21(29)25-22(27)30)26(2)17(24-20)13-31-18(28)12-23-9-14-6-15(10-23)8-16(7-14)11-23/h14-16H,3-13H2,1-2H3,(H,25,29,30). The average Bonchev–Trinajstić information content (AvgIpc) is 3.01. The number of aromatic nitrogens is 4. The summed E-state index contributed by atoms with van der Waals surface area (Å²) in [5, 5.41) is 0. The molecule has 0 aliphatic heterocycles. The predicted molar refractivity (Wildman–Crippen MR) is 116 cm³/mol. The summed E-state index contributed by atoms with van der Waals surface area (Å²) in [7, 11) is 1.72. The molecule has 8 nitrogen and oxygen atoms in total. The second kappa shape index (κ2) is 7.64. The minimum atomic E-state index is -0.464. The summed E-state index contributed by atoms with van der Waals surface area (Å²) in [4.78, 5) is 44.3. The fraction of sp³-hybridized carbons (Fsp3) is 0.739. The molecule has 168 valence electrons. The lowest BCUT2D eigenvalue weighted by Gasteiger charge is -2.56. The number of carbonyl (C=O) groups is 1. The summed E-state index contributed by atoms with van der Waals surface area (Å²) < 4.78 is 8.78. The number of H-pyrrole nitrogens is 1. The summed E-state index contributed by atoms with van der Waals surface area (Å²) in [6, 6.07) is 0. The van der Waals surface area contributed by atoms with Crippen LogP contribution < -0.4 is 11.2 Å². The quantitative estimate of drug-likeness (QED) is 0.684. The Balaban J connectivity index is 1.32. The fourth-order valence-corrected chi connectivity index (χ4v) is 6.95. The van der Waals surface area contributed by atoms with Gasteiger partial charge in [-0.25, -0.2) is 9.78 Å². The van der Waals surface area contributed by atoms with Gasteiger partial charge in [0.2, 0.25) is 0 Å². The molecule has 2 heterocycles. The molecule has 2 aromatic rings. The number of nitrogens with one attached hydrogen (secondary N) is 1. The van der Waals surface area contributed by atoms with E-state index >= 15 is 0 Å². The number of hydrogen-bond donors (Lipinski definition) is 1. The maximum Gasteiger partial charge on any atom is 0.330 e. The predicted octanol–water partition coefficient (Wildman–Crippen LogP) is 2.87. The molecule has 0 saturated heterocycles. The summed E-state index contributed by atoms with van der Waals surface area (Å²) in [5.74, 6) is 2.70. The van der Waals surface area contributed by atoms with Gasteiger partial charge in [0.25, 0.3) is 5.56 Å². The van der Waals surface area contributed by atoms with Gasteiger partial charge in [-0.1, -0.05) is 13.3 Å². The normalized spacial score (nSPS) is 29.0. The molecule has 0 amide bonds. The van der Waals surface area contributed by atoms with E-state index in [2.05, 4.69) is 9.97 Å². The van der Waals surface area contributed by atoms with Crippen molar-refractivity contribution >= 4 is 17.1 Å². The van der Waals surface area contributed by atoms with Crippen LogP contribution in [0.5, 0.6) is 0 Å². The lowest BCUT2D eigenvalue weighted by molar-refractivity contribution is -0.153. The van der Waals surface area contributed by atoms with E-state index in [1.54, 1.807) is 11.6 Å². The van der Waals surface area contributed by atoms with Gasteiger partial charge in [-0.2, -0.15) is 0 Å². The number of fused-ring (bicyclic) bond motifs is 1. The summed E-state index contributed by atoms with van der Waals surface area (Å²) in [6.45, 7) is 2.55. The molecule has 8 heteroatoms. The number of unbranched alkanes of at least 4 members (excludes halogenated alkanes) is 1. The highest BCUT2D eigenvalue weighted by atomic mass is 16.5. The fourth-order valence-electron chi connectivity index (χ4n) is 6.95. The lowest BCUT2D eigenvalue weighted by Crippen LogP contribution is -2.47. The molecule has 0 atom stereocenters. The molecular weight excluding hydrogens is 396 g/mol. The highest BCUT2D eigenvalue weighted by Gasteiger charge is 2.51. The molecule has 4 fully saturated rings. The van der Waals surface area contributed by atoms with Crippen molar-refractivity contribution in [1.29, 1.82) is 0 Å². The first kappa shape index (κ1) is 20.5. The topological polar surface area (TPSA) is 99.0 Å². The molecule has 0 radical (unpaired) electrons. The van der Waals surface area contributed by atoms with Crippen LogP contribution in [0.1, 0.15) is 70.5 Å². The summed E-state index contributed by atoms with van der Waals surface area (Å²) >= 11 is 0. The summed E-state index contributed by atoms with van der Waals surface area (Å²) in [6.07, 6.45) is 9.77. The molecular formula is C23H32N4O4. The Hall–Kier alpha value is -2.38. The van der Waals surface area contributed by atoms with Crippen molar-refractivity contribution in [2.45, 2.75) is 77.9 Å². The zero-order chi connectivity index (χ0) is 21.8. The molecule has 0 aromatic carbocycles. The number of nitrogens with zero attached hydrogens (tertiary/aromatic N) is 3. The molecule has 6 rings (SSSR count). The van der Waals surface area contributed by atoms with Crippen molar-refractivity contribution < 1.29 is 9.53 Å². The minimum absolute atomic E-state index is 0.0117. The number of aromatic amines is 1. The van der Waals surface area contributed by atoms with Crippen LogP contribution >= 0.6 is 0 Å². The molecule has 2 aromatic heterocycles. The number of hydrogen-bond acceptors (Lipinski definition) is 5. The number of rotatable bonds is 7. The Labute approximate surface area is 181 Å². The maximum atomic E-state index is 12.8. The molecule has 4 bridgehead atoms. The zero-order valence-electron chi connectivity index (χ0n) is 18.5. The summed E-state index contributed by atoms with van der Waals surface area (Å²) in [5.41, 5.74) is -0.0846. The van der Waals surface area contributed by atoms with Gasteiger partial charge in [0, 0.05) is 13.6 Å².